The number of unbranched alkanes of at least 4 members (excludes halogenated alkanes) is 1. The molecular formula is C10H16N2O3. The first-order chi connectivity index (χ1) is 7.19. The van der Waals surface area contributed by atoms with E-state index in [1.165, 1.54) is 4.57 Å². The molecule has 1 aromatic heterocycles. The van der Waals surface area contributed by atoms with Crippen molar-refractivity contribution in [2.24, 2.45) is 0 Å². The van der Waals surface area contributed by atoms with Crippen LogP contribution in [0.15, 0.2) is 15.8 Å². The van der Waals surface area contributed by atoms with E-state index in [4.69, 9.17) is 5.11 Å². The Balaban J connectivity index is 2.88. The minimum absolute atomic E-state index is 0.124. The van der Waals surface area contributed by atoms with Crippen LogP contribution in [0.2, 0.25) is 0 Å². The van der Waals surface area contributed by atoms with E-state index in [1.54, 1.807) is 6.20 Å². The average Bonchev–Trinajstić information content (AvgIpc) is 2.21. The van der Waals surface area contributed by atoms with Gasteiger partial charge in [-0.2, -0.15) is 0 Å². The Bertz CT molecular complexity index is 419. The van der Waals surface area contributed by atoms with E-state index in [0.717, 1.165) is 6.42 Å². The van der Waals surface area contributed by atoms with Gasteiger partial charge in [0.1, 0.15) is 0 Å². The number of H-pyrrole nitrogens is 1. The molecule has 0 radical (unpaired) electrons. The molecule has 0 aliphatic rings. The van der Waals surface area contributed by atoms with Crippen molar-refractivity contribution in [2.75, 3.05) is 6.61 Å². The number of hydrogen-bond acceptors (Lipinski definition) is 3. The molecule has 0 amide bonds. The van der Waals surface area contributed by atoms with Crippen LogP contribution >= 0.6 is 0 Å². The molecule has 0 fully saturated rings. The molecule has 84 valence electrons. The molecule has 0 saturated carbocycles. The van der Waals surface area contributed by atoms with Crippen LogP contribution in [0, 0.1) is 0 Å². The van der Waals surface area contributed by atoms with Gasteiger partial charge in [0.25, 0.3) is 5.56 Å². The predicted molar refractivity (Wildman–Crippen MR) is 57.0 cm³/mol. The van der Waals surface area contributed by atoms with E-state index in [-0.39, 0.29) is 17.9 Å². The summed E-state index contributed by atoms with van der Waals surface area (Å²) in [5.74, 6) is 0. The number of aliphatic hydroxyl groups excluding tert-OH is 1. The summed E-state index contributed by atoms with van der Waals surface area (Å²) in [6.45, 7) is 2.52. The zero-order chi connectivity index (χ0) is 11.3. The molecule has 0 saturated heterocycles. The van der Waals surface area contributed by atoms with Gasteiger partial charge in [-0.1, -0.05) is 6.92 Å². The summed E-state index contributed by atoms with van der Waals surface area (Å²) in [5.41, 5.74) is -0.0744. The molecule has 1 aromatic rings. The molecule has 0 bridgehead atoms. The number of aryl methyl sites for hydroxylation is 2. The summed E-state index contributed by atoms with van der Waals surface area (Å²) in [6, 6.07) is 0. The summed E-state index contributed by atoms with van der Waals surface area (Å²) in [5, 5.41) is 8.61. The standard InChI is InChI=1S/C10H16N2O3/c1-2-8-7-12(5-3-4-6-13)10(15)11-9(8)14/h7,13H,2-6H2,1H3,(H,11,14,15). The maximum absolute atomic E-state index is 11.3. The average molecular weight is 212 g/mol. The van der Waals surface area contributed by atoms with Gasteiger partial charge in [-0.15, -0.1) is 0 Å². The highest BCUT2D eigenvalue weighted by Gasteiger charge is 2.02. The van der Waals surface area contributed by atoms with Crippen molar-refractivity contribution in [3.05, 3.63) is 32.6 Å². The molecule has 0 aromatic carbocycles. The van der Waals surface area contributed by atoms with E-state index >= 15 is 0 Å². The van der Waals surface area contributed by atoms with Crippen molar-refractivity contribution in [3.8, 4) is 0 Å². The second-order valence-corrected chi connectivity index (χ2v) is 3.39. The monoisotopic (exact) mass is 212 g/mol. The summed E-state index contributed by atoms with van der Waals surface area (Å²) in [6.07, 6.45) is 3.59. The third kappa shape index (κ3) is 3.06. The Morgan fingerprint density at radius 1 is 1.40 bits per heavy atom. The second kappa shape index (κ2) is 5.50. The van der Waals surface area contributed by atoms with Crippen molar-refractivity contribution in [1.29, 1.82) is 0 Å². The van der Waals surface area contributed by atoms with Crippen molar-refractivity contribution in [1.82, 2.24) is 9.55 Å². The van der Waals surface area contributed by atoms with Gasteiger partial charge < -0.3 is 9.67 Å². The third-order valence-electron chi connectivity index (χ3n) is 2.27. The van der Waals surface area contributed by atoms with Crippen molar-refractivity contribution >= 4 is 0 Å². The maximum Gasteiger partial charge on any atom is 0.328 e. The van der Waals surface area contributed by atoms with Crippen LogP contribution in [0.1, 0.15) is 25.3 Å². The van der Waals surface area contributed by atoms with Gasteiger partial charge >= 0.3 is 5.69 Å². The third-order valence-corrected chi connectivity index (χ3v) is 2.27. The highest BCUT2D eigenvalue weighted by molar-refractivity contribution is 5.03. The van der Waals surface area contributed by atoms with Crippen molar-refractivity contribution in [3.63, 3.8) is 0 Å². The van der Waals surface area contributed by atoms with Gasteiger partial charge in [-0.25, -0.2) is 4.79 Å². The lowest BCUT2D eigenvalue weighted by molar-refractivity contribution is 0.280. The first kappa shape index (κ1) is 11.7. The fourth-order valence-corrected chi connectivity index (χ4v) is 1.37. The Hall–Kier alpha value is -1.36. The van der Waals surface area contributed by atoms with E-state index in [0.29, 0.717) is 24.9 Å². The van der Waals surface area contributed by atoms with E-state index in [9.17, 15) is 9.59 Å². The SMILES string of the molecule is CCc1cn(CCCCO)c(=O)[nH]c1=O. The largest absolute Gasteiger partial charge is 0.396 e. The summed E-state index contributed by atoms with van der Waals surface area (Å²) >= 11 is 0. The summed E-state index contributed by atoms with van der Waals surface area (Å²) < 4.78 is 1.48. The van der Waals surface area contributed by atoms with Crippen LogP contribution in [-0.4, -0.2) is 21.3 Å². The van der Waals surface area contributed by atoms with E-state index < -0.39 is 0 Å². The fraction of sp³-hybridized carbons (Fsp3) is 0.600. The molecule has 0 atom stereocenters. The molecule has 0 unspecified atom stereocenters. The highest BCUT2D eigenvalue weighted by Crippen LogP contribution is 1.93. The Morgan fingerprint density at radius 2 is 2.13 bits per heavy atom. The molecule has 1 heterocycles. The summed E-state index contributed by atoms with van der Waals surface area (Å²) in [7, 11) is 0. The summed E-state index contributed by atoms with van der Waals surface area (Å²) in [4.78, 5) is 24.9. The number of nitrogens with zero attached hydrogens (tertiary/aromatic N) is 1. The molecule has 0 spiro atoms. The van der Waals surface area contributed by atoms with Gasteiger partial charge in [0, 0.05) is 24.9 Å². The van der Waals surface area contributed by atoms with E-state index in [2.05, 4.69) is 4.98 Å². The van der Waals surface area contributed by atoms with Gasteiger partial charge in [0.15, 0.2) is 0 Å². The first-order valence-corrected chi connectivity index (χ1v) is 5.12. The quantitative estimate of drug-likeness (QED) is 0.668. The maximum atomic E-state index is 11.3. The van der Waals surface area contributed by atoms with Crippen LogP contribution in [-0.2, 0) is 13.0 Å². The van der Waals surface area contributed by atoms with Crippen molar-refractivity contribution < 1.29 is 5.11 Å². The Kier molecular flexibility index (Phi) is 4.30. The second-order valence-electron chi connectivity index (χ2n) is 3.39. The van der Waals surface area contributed by atoms with Crippen LogP contribution in [0.3, 0.4) is 0 Å². The van der Waals surface area contributed by atoms with Crippen LogP contribution in [0.25, 0.3) is 0 Å². The molecule has 5 nitrogen and oxygen atoms in total. The number of aromatic nitrogens is 2. The van der Waals surface area contributed by atoms with E-state index in [1.807, 2.05) is 6.92 Å². The van der Waals surface area contributed by atoms with Crippen LogP contribution in [0.5, 0.6) is 0 Å². The predicted octanol–water partition coefficient (Wildman–Crippen LogP) is -0.128. The molecule has 1 rings (SSSR count). The number of aliphatic hydroxyl groups is 1. The first-order valence-electron chi connectivity index (χ1n) is 5.12. The fourth-order valence-electron chi connectivity index (χ4n) is 1.37. The molecule has 2 N–H and O–H groups in total. The molecule has 0 aliphatic carbocycles. The van der Waals surface area contributed by atoms with Crippen LogP contribution in [0.4, 0.5) is 0 Å². The van der Waals surface area contributed by atoms with Crippen LogP contribution < -0.4 is 11.2 Å². The number of hydrogen-bond donors (Lipinski definition) is 2. The molecule has 15 heavy (non-hydrogen) atoms. The molecule has 0 aliphatic heterocycles. The lowest BCUT2D eigenvalue weighted by Gasteiger charge is -2.05. The van der Waals surface area contributed by atoms with Gasteiger partial charge in [-0.05, 0) is 19.3 Å². The zero-order valence-electron chi connectivity index (χ0n) is 8.82. The normalized spacial score (nSPS) is 10.5. The zero-order valence-corrected chi connectivity index (χ0v) is 8.82. The smallest absolute Gasteiger partial charge is 0.328 e. The van der Waals surface area contributed by atoms with Gasteiger partial charge in [0.05, 0.1) is 0 Å². The lowest BCUT2D eigenvalue weighted by Crippen LogP contribution is -2.31. The van der Waals surface area contributed by atoms with Gasteiger partial charge in [-0.3, -0.25) is 9.78 Å². The number of aromatic amines is 1. The molecular weight excluding hydrogens is 196 g/mol. The lowest BCUT2D eigenvalue weighted by atomic mass is 10.2. The van der Waals surface area contributed by atoms with Gasteiger partial charge in [0.2, 0.25) is 0 Å². The number of nitrogens with one attached hydrogen (secondary N) is 1. The van der Waals surface area contributed by atoms with Crippen molar-refractivity contribution in [2.45, 2.75) is 32.7 Å². The molecule has 5 heteroatoms. The minimum atomic E-state index is -0.380. The highest BCUT2D eigenvalue weighted by atomic mass is 16.3. The Morgan fingerprint density at radius 3 is 2.73 bits per heavy atom. The number of rotatable bonds is 5. The Labute approximate surface area is 87.4 Å². The topological polar surface area (TPSA) is 75.1 Å². The minimum Gasteiger partial charge on any atom is -0.396 e.